The molecule has 1 aromatic carbocycles. The molecular weight excluding hydrogens is 662 g/mol. The molecule has 3 aliphatic heterocycles. The number of fused-ring (bicyclic) bond motifs is 3. The number of furan rings is 1. The van der Waals surface area contributed by atoms with Crippen LogP contribution in [0.1, 0.15) is 48.0 Å². The number of rotatable bonds is 6. The second kappa shape index (κ2) is 12.7. The zero-order chi connectivity index (χ0) is 35.4. The molecule has 7 heterocycles. The van der Waals surface area contributed by atoms with Crippen molar-refractivity contribution < 1.29 is 37.3 Å². The van der Waals surface area contributed by atoms with E-state index < -0.39 is 36.0 Å². The van der Waals surface area contributed by atoms with Gasteiger partial charge in [-0.1, -0.05) is 24.0 Å². The van der Waals surface area contributed by atoms with E-state index in [0.717, 1.165) is 16.8 Å². The van der Waals surface area contributed by atoms with Crippen LogP contribution in [0.4, 0.5) is 20.3 Å². The molecular formula is C37H34F2N6O6. The number of aryl methyl sites for hydroxylation is 2. The molecule has 1 spiro atoms. The van der Waals surface area contributed by atoms with Crippen molar-refractivity contribution >= 4 is 39.5 Å². The topological polar surface area (TPSA) is 136 Å². The summed E-state index contributed by atoms with van der Waals surface area (Å²) in [6.07, 6.45) is -0.301. The summed E-state index contributed by atoms with van der Waals surface area (Å²) in [5, 5.41) is 10.9. The molecule has 0 aliphatic carbocycles. The Labute approximate surface area is 291 Å². The van der Waals surface area contributed by atoms with Gasteiger partial charge in [0.2, 0.25) is 5.88 Å². The van der Waals surface area contributed by atoms with Gasteiger partial charge in [0.15, 0.2) is 17.2 Å². The SMILES string of the molecule is Cc1cc(C#Cc2cnc(O[C@H]3C[C@@H](C(=O)O)N(c4nc(C(F)F)nc5c4oc4ccccc45)C3)c(N3CCOC4(COC4)[C@@H]3C)c2)cnc1C. The lowest BCUT2D eigenvalue weighted by atomic mass is 9.90. The Morgan fingerprint density at radius 1 is 1.08 bits per heavy atom. The summed E-state index contributed by atoms with van der Waals surface area (Å²) in [4.78, 5) is 33.6. The molecule has 0 unspecified atom stereocenters. The molecule has 3 aliphatic rings. The van der Waals surface area contributed by atoms with Crippen LogP contribution in [0.25, 0.3) is 22.1 Å². The minimum absolute atomic E-state index is 0.0156. The number of hydrogen-bond donors (Lipinski definition) is 1. The Bertz CT molecular complexity index is 2230. The summed E-state index contributed by atoms with van der Waals surface area (Å²) < 4.78 is 52.5. The van der Waals surface area contributed by atoms with Crippen molar-refractivity contribution in [2.24, 2.45) is 0 Å². The number of morpholine rings is 1. The van der Waals surface area contributed by atoms with Gasteiger partial charge in [-0.25, -0.2) is 28.5 Å². The number of carbonyl (C=O) groups is 1. The molecule has 1 N–H and O–H groups in total. The molecule has 0 bridgehead atoms. The molecule has 0 radical (unpaired) electrons. The van der Waals surface area contributed by atoms with Crippen molar-refractivity contribution in [3.8, 4) is 17.7 Å². The van der Waals surface area contributed by atoms with E-state index in [4.69, 9.17) is 23.6 Å². The molecule has 5 aromatic rings. The van der Waals surface area contributed by atoms with E-state index in [1.165, 1.54) is 4.90 Å². The van der Waals surface area contributed by atoms with Crippen molar-refractivity contribution in [2.45, 2.75) is 57.4 Å². The number of halogens is 2. The lowest BCUT2D eigenvalue weighted by Crippen LogP contribution is -2.68. The zero-order valence-corrected chi connectivity index (χ0v) is 28.1. The van der Waals surface area contributed by atoms with Gasteiger partial charge >= 0.3 is 5.97 Å². The molecule has 14 heteroatoms. The third-order valence-corrected chi connectivity index (χ3v) is 9.99. The van der Waals surface area contributed by atoms with Crippen LogP contribution in [0, 0.1) is 25.7 Å². The fraction of sp³-hybridized carbons (Fsp3) is 0.378. The van der Waals surface area contributed by atoms with E-state index in [0.29, 0.717) is 54.5 Å². The van der Waals surface area contributed by atoms with Gasteiger partial charge < -0.3 is 33.5 Å². The quantitative estimate of drug-likeness (QED) is 0.233. The maximum absolute atomic E-state index is 14.1. The van der Waals surface area contributed by atoms with Crippen LogP contribution in [-0.4, -0.2) is 87.7 Å². The number of carboxylic acids is 1. The van der Waals surface area contributed by atoms with Crippen molar-refractivity contribution in [2.75, 3.05) is 42.7 Å². The van der Waals surface area contributed by atoms with Gasteiger partial charge in [-0.3, -0.25) is 4.98 Å². The highest BCUT2D eigenvalue weighted by Gasteiger charge is 2.50. The van der Waals surface area contributed by atoms with Gasteiger partial charge in [0.05, 0.1) is 32.4 Å². The van der Waals surface area contributed by atoms with Gasteiger partial charge in [-0.15, -0.1) is 0 Å². The largest absolute Gasteiger partial charge is 0.480 e. The van der Waals surface area contributed by atoms with E-state index in [9.17, 15) is 18.7 Å². The number of nitrogens with zero attached hydrogens (tertiary/aromatic N) is 6. The number of carboxylic acid groups (broad SMARTS) is 1. The Balaban J connectivity index is 1.15. The van der Waals surface area contributed by atoms with Crippen LogP contribution in [0.5, 0.6) is 5.88 Å². The molecule has 12 nitrogen and oxygen atoms in total. The van der Waals surface area contributed by atoms with Crippen molar-refractivity contribution in [3.63, 3.8) is 0 Å². The minimum Gasteiger partial charge on any atom is -0.480 e. The first kappa shape index (κ1) is 32.8. The molecule has 0 amide bonds. The number of benzene rings is 1. The normalized spacial score (nSPS) is 21.3. The standard InChI is InChI=1S/C37H34F2N6O6/c1-20-12-23(15-40-21(20)2)8-9-24-13-27(44-10-11-49-37(22(44)3)18-48-19-37)35(41-16-24)50-25-14-28(36(46)47)45(17-25)34-31-30(42-33(43-34)32(38)39)26-6-4-5-7-29(26)51-31/h4-7,12-13,15-16,22,25,28,32H,10-11,14,17-19H2,1-3H3,(H,46,47)/t22-,25-,28-/m0/s1. The molecule has 3 saturated heterocycles. The van der Waals surface area contributed by atoms with Gasteiger partial charge in [-0.2, -0.15) is 0 Å². The first-order chi connectivity index (χ1) is 24.6. The highest BCUT2D eigenvalue weighted by Crippen LogP contribution is 2.41. The Morgan fingerprint density at radius 2 is 1.84 bits per heavy atom. The van der Waals surface area contributed by atoms with E-state index >= 15 is 0 Å². The lowest BCUT2D eigenvalue weighted by molar-refractivity contribution is -0.228. The molecule has 3 fully saturated rings. The first-order valence-electron chi connectivity index (χ1n) is 16.7. The van der Waals surface area contributed by atoms with Gasteiger partial charge in [0, 0.05) is 47.6 Å². The van der Waals surface area contributed by atoms with Crippen LogP contribution in [-0.2, 0) is 14.3 Å². The third kappa shape index (κ3) is 5.86. The number of pyridine rings is 2. The summed E-state index contributed by atoms with van der Waals surface area (Å²) in [5.74, 6) is 4.77. The predicted molar refractivity (Wildman–Crippen MR) is 182 cm³/mol. The van der Waals surface area contributed by atoms with Gasteiger partial charge in [-0.05, 0) is 50.6 Å². The second-order valence-electron chi connectivity index (χ2n) is 13.2. The average molecular weight is 697 g/mol. The number of aromatic nitrogens is 4. The summed E-state index contributed by atoms with van der Waals surface area (Å²) in [5.41, 5.74) is 4.34. The monoisotopic (exact) mass is 696 g/mol. The van der Waals surface area contributed by atoms with E-state index in [1.807, 2.05) is 26.0 Å². The summed E-state index contributed by atoms with van der Waals surface area (Å²) in [6.45, 7) is 7.94. The van der Waals surface area contributed by atoms with Crippen LogP contribution >= 0.6 is 0 Å². The third-order valence-electron chi connectivity index (χ3n) is 9.99. The summed E-state index contributed by atoms with van der Waals surface area (Å²) >= 11 is 0. The van der Waals surface area contributed by atoms with Crippen LogP contribution in [0.3, 0.4) is 0 Å². The summed E-state index contributed by atoms with van der Waals surface area (Å²) in [6, 6.07) is 9.56. The van der Waals surface area contributed by atoms with Gasteiger partial charge in [0.1, 0.15) is 34.5 Å². The average Bonchev–Trinajstić information content (AvgIpc) is 3.70. The van der Waals surface area contributed by atoms with Crippen molar-refractivity contribution in [1.29, 1.82) is 0 Å². The van der Waals surface area contributed by atoms with Crippen LogP contribution in [0.15, 0.2) is 53.2 Å². The number of para-hydroxylation sites is 1. The minimum atomic E-state index is -2.99. The maximum Gasteiger partial charge on any atom is 0.326 e. The maximum atomic E-state index is 14.1. The zero-order valence-electron chi connectivity index (χ0n) is 28.1. The Hall–Kier alpha value is -5.39. The molecule has 4 aromatic heterocycles. The molecule has 262 valence electrons. The molecule has 8 rings (SSSR count). The number of alkyl halides is 2. The highest BCUT2D eigenvalue weighted by molar-refractivity contribution is 6.06. The summed E-state index contributed by atoms with van der Waals surface area (Å²) in [7, 11) is 0. The number of hydrogen-bond acceptors (Lipinski definition) is 11. The van der Waals surface area contributed by atoms with E-state index in [2.05, 4.69) is 38.6 Å². The molecule has 51 heavy (non-hydrogen) atoms. The van der Waals surface area contributed by atoms with Crippen LogP contribution in [0.2, 0.25) is 0 Å². The number of anilines is 2. The van der Waals surface area contributed by atoms with Crippen LogP contribution < -0.4 is 14.5 Å². The van der Waals surface area contributed by atoms with E-state index in [1.54, 1.807) is 36.7 Å². The molecule has 3 atom stereocenters. The highest BCUT2D eigenvalue weighted by atomic mass is 19.3. The van der Waals surface area contributed by atoms with Crippen molar-refractivity contribution in [1.82, 2.24) is 19.9 Å². The number of ether oxygens (including phenoxy) is 3. The number of aliphatic carboxylic acids is 1. The molecule has 0 saturated carbocycles. The predicted octanol–water partition coefficient (Wildman–Crippen LogP) is 5.23. The van der Waals surface area contributed by atoms with E-state index in [-0.39, 0.29) is 35.9 Å². The lowest BCUT2D eigenvalue weighted by Gasteiger charge is -2.53. The van der Waals surface area contributed by atoms with Gasteiger partial charge in [0.25, 0.3) is 6.43 Å². The fourth-order valence-corrected chi connectivity index (χ4v) is 6.96. The Morgan fingerprint density at radius 3 is 2.57 bits per heavy atom. The smallest absolute Gasteiger partial charge is 0.326 e. The fourth-order valence-electron chi connectivity index (χ4n) is 6.96. The second-order valence-corrected chi connectivity index (χ2v) is 13.2. The Kier molecular flexibility index (Phi) is 8.19. The first-order valence-corrected chi connectivity index (χ1v) is 16.7. The van der Waals surface area contributed by atoms with Crippen molar-refractivity contribution in [3.05, 3.63) is 77.0 Å².